The van der Waals surface area contributed by atoms with Gasteiger partial charge in [0.1, 0.15) is 11.5 Å². The van der Waals surface area contributed by atoms with Crippen molar-refractivity contribution in [3.8, 4) is 0 Å². The molecule has 0 atom stereocenters. The highest BCUT2D eigenvalue weighted by Gasteiger charge is 2.35. The maximum atomic E-state index is 11.1. The number of carbonyl (C=O) groups is 4. The fraction of sp³-hybridized carbons (Fsp3) is 0.455. The van der Waals surface area contributed by atoms with E-state index in [0.29, 0.717) is 11.5 Å². The van der Waals surface area contributed by atoms with Crippen molar-refractivity contribution in [2.75, 3.05) is 0 Å². The van der Waals surface area contributed by atoms with Crippen molar-refractivity contribution >= 4 is 23.9 Å². The highest BCUT2D eigenvalue weighted by molar-refractivity contribution is 5.73. The monoisotopic (exact) mass is 450 g/mol. The van der Waals surface area contributed by atoms with Crippen molar-refractivity contribution in [2.24, 2.45) is 10.8 Å². The Hall–Kier alpha value is -3.56. The summed E-state index contributed by atoms with van der Waals surface area (Å²) in [5.41, 5.74) is -2.05. The topological polar surface area (TPSA) is 168 Å². The molecule has 2 aliphatic carbocycles. The number of hydrogen-bond acceptors (Lipinski definition) is 6. The quantitative estimate of drug-likeness (QED) is 0.324. The van der Waals surface area contributed by atoms with Crippen LogP contribution in [0.2, 0.25) is 0 Å². The molecule has 2 rings (SSSR count). The second kappa shape index (κ2) is 10.2. The zero-order valence-electron chi connectivity index (χ0n) is 17.5. The van der Waals surface area contributed by atoms with Crippen LogP contribution >= 0.6 is 0 Å². The average molecular weight is 450 g/mol. The SMILES string of the molecule is CC(OC1=CCC(CC(=O)O)(CC(=O)O)C=C1)OC1=CCC(CC(=O)O)(CC(=O)O)C=C1. The molecule has 0 saturated heterocycles. The number of aliphatic carboxylic acids is 4. The second-order valence-electron chi connectivity index (χ2n) is 8.10. The standard InChI is InChI=1S/C22H26O10/c1-14(31-15-2-6-21(7-3-15,10-17(23)24)11-18(25)26)32-16-4-8-22(9-5-16,12-19(27)28)13-20(29)30/h2-6,8,14H,7,9-13H2,1H3,(H,23,24)(H,25,26)(H,27,28)(H,29,30). The first kappa shape index (κ1) is 24.7. The molecule has 10 heteroatoms. The van der Waals surface area contributed by atoms with Gasteiger partial charge in [-0.05, 0) is 37.1 Å². The molecule has 0 aromatic rings. The molecule has 0 radical (unpaired) electrons. The van der Waals surface area contributed by atoms with E-state index >= 15 is 0 Å². The van der Waals surface area contributed by atoms with E-state index in [1.165, 1.54) is 24.3 Å². The van der Waals surface area contributed by atoms with Crippen molar-refractivity contribution in [3.63, 3.8) is 0 Å². The van der Waals surface area contributed by atoms with Crippen LogP contribution in [0.25, 0.3) is 0 Å². The summed E-state index contributed by atoms with van der Waals surface area (Å²) >= 11 is 0. The van der Waals surface area contributed by atoms with E-state index in [1.54, 1.807) is 19.1 Å². The third-order valence-corrected chi connectivity index (χ3v) is 5.24. The van der Waals surface area contributed by atoms with Gasteiger partial charge < -0.3 is 29.9 Å². The fourth-order valence-corrected chi connectivity index (χ4v) is 3.83. The summed E-state index contributed by atoms with van der Waals surface area (Å²) in [5.74, 6) is -3.58. The molecular weight excluding hydrogens is 424 g/mol. The fourth-order valence-electron chi connectivity index (χ4n) is 3.83. The number of allylic oxidation sites excluding steroid dienone is 6. The van der Waals surface area contributed by atoms with Crippen LogP contribution in [0.5, 0.6) is 0 Å². The van der Waals surface area contributed by atoms with Gasteiger partial charge in [-0.15, -0.1) is 0 Å². The highest BCUT2D eigenvalue weighted by Crippen LogP contribution is 2.39. The summed E-state index contributed by atoms with van der Waals surface area (Å²) < 4.78 is 11.3. The van der Waals surface area contributed by atoms with E-state index in [2.05, 4.69) is 0 Å². The summed E-state index contributed by atoms with van der Waals surface area (Å²) in [4.78, 5) is 44.5. The molecule has 0 aliphatic heterocycles. The average Bonchev–Trinajstić information content (AvgIpc) is 2.63. The van der Waals surface area contributed by atoms with Crippen molar-refractivity contribution in [1.29, 1.82) is 0 Å². The maximum Gasteiger partial charge on any atom is 0.304 e. The van der Waals surface area contributed by atoms with Crippen LogP contribution < -0.4 is 0 Å². The van der Waals surface area contributed by atoms with Crippen LogP contribution in [0, 0.1) is 10.8 Å². The van der Waals surface area contributed by atoms with E-state index in [-0.39, 0.29) is 38.5 Å². The second-order valence-corrected chi connectivity index (χ2v) is 8.10. The molecule has 0 aromatic carbocycles. The molecule has 0 aromatic heterocycles. The predicted octanol–water partition coefficient (Wildman–Crippen LogP) is 2.92. The van der Waals surface area contributed by atoms with Crippen molar-refractivity contribution in [1.82, 2.24) is 0 Å². The van der Waals surface area contributed by atoms with E-state index in [9.17, 15) is 19.2 Å². The predicted molar refractivity (Wildman–Crippen MR) is 109 cm³/mol. The molecule has 0 unspecified atom stereocenters. The maximum absolute atomic E-state index is 11.1. The van der Waals surface area contributed by atoms with Gasteiger partial charge in [0.15, 0.2) is 0 Å². The van der Waals surface area contributed by atoms with Gasteiger partial charge in [-0.2, -0.15) is 0 Å². The van der Waals surface area contributed by atoms with Crippen LogP contribution in [0.15, 0.2) is 48.0 Å². The summed E-state index contributed by atoms with van der Waals surface area (Å²) in [6.45, 7) is 1.62. The molecule has 0 saturated carbocycles. The molecule has 32 heavy (non-hydrogen) atoms. The largest absolute Gasteiger partial charge is 0.481 e. The zero-order valence-corrected chi connectivity index (χ0v) is 17.5. The Kier molecular flexibility index (Phi) is 7.85. The Morgan fingerprint density at radius 1 is 0.750 bits per heavy atom. The molecule has 0 bridgehead atoms. The minimum Gasteiger partial charge on any atom is -0.481 e. The summed E-state index contributed by atoms with van der Waals surface area (Å²) in [5, 5.41) is 36.4. The third-order valence-electron chi connectivity index (χ3n) is 5.24. The van der Waals surface area contributed by atoms with Gasteiger partial charge in [0.05, 0.1) is 25.7 Å². The molecule has 10 nitrogen and oxygen atoms in total. The summed E-state index contributed by atoms with van der Waals surface area (Å²) in [6, 6.07) is 0. The van der Waals surface area contributed by atoms with Gasteiger partial charge in [0.25, 0.3) is 0 Å². The number of hydrogen-bond donors (Lipinski definition) is 4. The molecule has 2 aliphatic rings. The zero-order chi connectivity index (χ0) is 23.9. The van der Waals surface area contributed by atoms with E-state index in [4.69, 9.17) is 29.9 Å². The van der Waals surface area contributed by atoms with Crippen molar-refractivity contribution in [3.05, 3.63) is 48.0 Å². The number of carboxylic acids is 4. The molecule has 0 fully saturated rings. The number of carboxylic acid groups (broad SMARTS) is 4. The van der Waals surface area contributed by atoms with Gasteiger partial charge in [0, 0.05) is 17.8 Å². The van der Waals surface area contributed by atoms with E-state index < -0.39 is 41.0 Å². The minimum atomic E-state index is -1.09. The Balaban J connectivity index is 1.97. The third kappa shape index (κ3) is 7.29. The molecule has 4 N–H and O–H groups in total. The molecule has 174 valence electrons. The normalized spacial score (nSPS) is 18.4. The smallest absolute Gasteiger partial charge is 0.304 e. The highest BCUT2D eigenvalue weighted by atomic mass is 16.7. The van der Waals surface area contributed by atoms with Crippen LogP contribution in [0.3, 0.4) is 0 Å². The minimum absolute atomic E-state index is 0.180. The first-order chi connectivity index (χ1) is 14.9. The molecule has 0 amide bonds. The molecule has 0 spiro atoms. The van der Waals surface area contributed by atoms with Gasteiger partial charge in [-0.1, -0.05) is 12.2 Å². The first-order valence-electron chi connectivity index (χ1n) is 9.92. The van der Waals surface area contributed by atoms with Gasteiger partial charge >= 0.3 is 23.9 Å². The lowest BCUT2D eigenvalue weighted by Gasteiger charge is -2.31. The lowest BCUT2D eigenvalue weighted by Crippen LogP contribution is -2.28. The lowest BCUT2D eigenvalue weighted by molar-refractivity contribution is -0.144. The van der Waals surface area contributed by atoms with Crippen LogP contribution in [-0.4, -0.2) is 50.6 Å². The summed E-state index contributed by atoms with van der Waals surface area (Å²) in [6.07, 6.45) is 7.63. The van der Waals surface area contributed by atoms with Crippen molar-refractivity contribution < 1.29 is 49.1 Å². The molecular formula is C22H26O10. The Bertz CT molecular complexity index is 788. The number of rotatable bonds is 12. The Labute approximate surface area is 184 Å². The Morgan fingerprint density at radius 3 is 1.28 bits per heavy atom. The van der Waals surface area contributed by atoms with Crippen LogP contribution in [0.1, 0.15) is 45.4 Å². The van der Waals surface area contributed by atoms with Crippen LogP contribution in [-0.2, 0) is 28.7 Å². The first-order valence-corrected chi connectivity index (χ1v) is 9.92. The van der Waals surface area contributed by atoms with E-state index in [0.717, 1.165) is 0 Å². The lowest BCUT2D eigenvalue weighted by atomic mass is 9.75. The van der Waals surface area contributed by atoms with Crippen molar-refractivity contribution in [2.45, 2.75) is 51.7 Å². The summed E-state index contributed by atoms with van der Waals surface area (Å²) in [7, 11) is 0. The molecule has 0 heterocycles. The van der Waals surface area contributed by atoms with E-state index in [1.807, 2.05) is 0 Å². The Morgan fingerprint density at radius 2 is 1.06 bits per heavy atom. The van der Waals surface area contributed by atoms with Gasteiger partial charge in [-0.3, -0.25) is 19.2 Å². The van der Waals surface area contributed by atoms with Gasteiger partial charge in [-0.25, -0.2) is 0 Å². The van der Waals surface area contributed by atoms with Crippen LogP contribution in [0.4, 0.5) is 0 Å². The van der Waals surface area contributed by atoms with Gasteiger partial charge in [0.2, 0.25) is 6.29 Å². The number of ether oxygens (including phenoxy) is 2.